The largest absolute Gasteiger partial charge is 0.467 e. The Hall–Kier alpha value is -2.80. The highest BCUT2D eigenvalue weighted by molar-refractivity contribution is 5.93. The van der Waals surface area contributed by atoms with Crippen molar-refractivity contribution in [2.24, 2.45) is 0 Å². The predicted molar refractivity (Wildman–Crippen MR) is 93.5 cm³/mol. The molecule has 3 amide bonds. The van der Waals surface area contributed by atoms with E-state index in [1.165, 1.54) is 11.8 Å². The minimum absolute atomic E-state index is 0.0713. The van der Waals surface area contributed by atoms with E-state index in [0.717, 1.165) is 5.69 Å². The second-order valence-electron chi connectivity index (χ2n) is 5.88. The van der Waals surface area contributed by atoms with Gasteiger partial charge in [-0.15, -0.1) is 0 Å². The number of carbonyl (C=O) groups excluding carboxylic acids is 2. The maximum absolute atomic E-state index is 12.5. The third-order valence-electron chi connectivity index (χ3n) is 4.17. The molecular formula is C18H21N3O4. The fourth-order valence-corrected chi connectivity index (χ4v) is 2.66. The van der Waals surface area contributed by atoms with Crippen molar-refractivity contribution >= 4 is 23.3 Å². The van der Waals surface area contributed by atoms with Gasteiger partial charge in [0.1, 0.15) is 11.9 Å². The van der Waals surface area contributed by atoms with Crippen LogP contribution in [-0.4, -0.2) is 43.6 Å². The number of hydrogen-bond acceptors (Lipinski definition) is 4. The molecule has 1 aliphatic heterocycles. The Balaban J connectivity index is 1.66. The number of nitrogens with zero attached hydrogens (tertiary/aromatic N) is 2. The summed E-state index contributed by atoms with van der Waals surface area (Å²) < 4.78 is 11.0. The monoisotopic (exact) mass is 343 g/mol. The molecule has 132 valence electrons. The van der Waals surface area contributed by atoms with Gasteiger partial charge in [0.25, 0.3) is 0 Å². The Bertz CT molecular complexity index is 745. The van der Waals surface area contributed by atoms with Crippen LogP contribution in [0, 0.1) is 0 Å². The van der Waals surface area contributed by atoms with E-state index < -0.39 is 0 Å². The fourth-order valence-electron chi connectivity index (χ4n) is 2.66. The van der Waals surface area contributed by atoms with Crippen LogP contribution in [0.1, 0.15) is 18.8 Å². The molecule has 2 heterocycles. The van der Waals surface area contributed by atoms with Gasteiger partial charge >= 0.3 is 6.03 Å². The Morgan fingerprint density at radius 3 is 2.84 bits per heavy atom. The van der Waals surface area contributed by atoms with E-state index in [9.17, 15) is 9.59 Å². The molecule has 7 heteroatoms. The number of benzene rings is 1. The van der Waals surface area contributed by atoms with Crippen LogP contribution in [0.2, 0.25) is 0 Å². The Morgan fingerprint density at radius 1 is 1.28 bits per heavy atom. The van der Waals surface area contributed by atoms with Gasteiger partial charge in [-0.25, -0.2) is 4.79 Å². The molecule has 1 aliphatic rings. The molecule has 1 aromatic heterocycles. The average molecular weight is 343 g/mol. The number of rotatable bonds is 3. The van der Waals surface area contributed by atoms with Crippen molar-refractivity contribution in [2.45, 2.75) is 13.0 Å². The van der Waals surface area contributed by atoms with Gasteiger partial charge in [0.05, 0.1) is 19.4 Å². The van der Waals surface area contributed by atoms with Gasteiger partial charge in [0.2, 0.25) is 5.91 Å². The number of anilines is 2. The fraction of sp³-hybridized carbons (Fsp3) is 0.333. The SMILES string of the molecule is CC(=O)N(C)c1cccc(NC(=O)N2CCO[C@@H](c3ccco3)C2)c1. The first-order valence-corrected chi connectivity index (χ1v) is 8.10. The molecule has 0 bridgehead atoms. The number of urea groups is 1. The smallest absolute Gasteiger partial charge is 0.322 e. The van der Waals surface area contributed by atoms with E-state index >= 15 is 0 Å². The van der Waals surface area contributed by atoms with Gasteiger partial charge in [-0.2, -0.15) is 0 Å². The maximum atomic E-state index is 12.5. The summed E-state index contributed by atoms with van der Waals surface area (Å²) in [6.07, 6.45) is 1.33. The first-order valence-electron chi connectivity index (χ1n) is 8.10. The van der Waals surface area contributed by atoms with Crippen molar-refractivity contribution in [3.63, 3.8) is 0 Å². The molecule has 0 unspecified atom stereocenters. The number of nitrogens with one attached hydrogen (secondary N) is 1. The number of carbonyl (C=O) groups is 2. The Labute approximate surface area is 146 Å². The third-order valence-corrected chi connectivity index (χ3v) is 4.17. The lowest BCUT2D eigenvalue weighted by atomic mass is 10.2. The van der Waals surface area contributed by atoms with Crippen LogP contribution in [0.4, 0.5) is 16.2 Å². The maximum Gasteiger partial charge on any atom is 0.322 e. The van der Waals surface area contributed by atoms with Gasteiger partial charge in [0.15, 0.2) is 0 Å². The van der Waals surface area contributed by atoms with Crippen molar-refractivity contribution < 1.29 is 18.7 Å². The lowest BCUT2D eigenvalue weighted by molar-refractivity contribution is -0.116. The molecule has 1 aromatic carbocycles. The third kappa shape index (κ3) is 4.00. The van der Waals surface area contributed by atoms with Crippen LogP contribution in [0.15, 0.2) is 47.1 Å². The molecule has 0 aliphatic carbocycles. The lowest BCUT2D eigenvalue weighted by Gasteiger charge is -2.32. The molecule has 3 rings (SSSR count). The van der Waals surface area contributed by atoms with Crippen LogP contribution in [0.3, 0.4) is 0 Å². The van der Waals surface area contributed by atoms with Crippen molar-refractivity contribution in [1.82, 2.24) is 4.90 Å². The van der Waals surface area contributed by atoms with Crippen LogP contribution in [0.25, 0.3) is 0 Å². The molecule has 1 N–H and O–H groups in total. The number of hydrogen-bond donors (Lipinski definition) is 1. The van der Waals surface area contributed by atoms with E-state index in [4.69, 9.17) is 9.15 Å². The lowest BCUT2D eigenvalue weighted by Crippen LogP contribution is -2.44. The molecule has 1 atom stereocenters. The van der Waals surface area contributed by atoms with Gasteiger partial charge in [-0.1, -0.05) is 6.07 Å². The predicted octanol–water partition coefficient (Wildman–Crippen LogP) is 2.87. The summed E-state index contributed by atoms with van der Waals surface area (Å²) in [7, 11) is 1.69. The summed E-state index contributed by atoms with van der Waals surface area (Å²) in [6.45, 7) is 2.88. The number of ether oxygens (including phenoxy) is 1. The van der Waals surface area contributed by atoms with Gasteiger partial charge in [-0.3, -0.25) is 4.79 Å². The summed E-state index contributed by atoms with van der Waals surface area (Å²) in [5.74, 6) is 0.639. The van der Waals surface area contributed by atoms with E-state index in [1.807, 2.05) is 12.1 Å². The highest BCUT2D eigenvalue weighted by atomic mass is 16.5. The van der Waals surface area contributed by atoms with Crippen LogP contribution in [0.5, 0.6) is 0 Å². The minimum atomic E-state index is -0.260. The first kappa shape index (κ1) is 17.0. The number of morpholine rings is 1. The summed E-state index contributed by atoms with van der Waals surface area (Å²) in [5.41, 5.74) is 1.36. The normalized spacial score (nSPS) is 17.2. The average Bonchev–Trinajstić information content (AvgIpc) is 3.16. The Kier molecular flexibility index (Phi) is 5.04. The zero-order valence-electron chi connectivity index (χ0n) is 14.3. The van der Waals surface area contributed by atoms with Gasteiger partial charge in [0, 0.05) is 31.9 Å². The van der Waals surface area contributed by atoms with Gasteiger partial charge in [-0.05, 0) is 30.3 Å². The van der Waals surface area contributed by atoms with Crippen molar-refractivity contribution in [1.29, 1.82) is 0 Å². The minimum Gasteiger partial charge on any atom is -0.467 e. The highest BCUT2D eigenvalue weighted by Crippen LogP contribution is 2.24. The molecule has 25 heavy (non-hydrogen) atoms. The van der Waals surface area contributed by atoms with Crippen LogP contribution < -0.4 is 10.2 Å². The summed E-state index contributed by atoms with van der Waals surface area (Å²) in [5, 5.41) is 2.87. The summed E-state index contributed by atoms with van der Waals surface area (Å²) in [4.78, 5) is 27.2. The molecule has 0 saturated carbocycles. The number of furan rings is 1. The topological polar surface area (TPSA) is 75.0 Å². The molecule has 1 saturated heterocycles. The second-order valence-corrected chi connectivity index (χ2v) is 5.88. The van der Waals surface area contributed by atoms with E-state index in [2.05, 4.69) is 5.32 Å². The zero-order valence-corrected chi connectivity index (χ0v) is 14.3. The van der Waals surface area contributed by atoms with E-state index in [-0.39, 0.29) is 18.0 Å². The molecule has 7 nitrogen and oxygen atoms in total. The Morgan fingerprint density at radius 2 is 2.12 bits per heavy atom. The molecule has 0 radical (unpaired) electrons. The highest BCUT2D eigenvalue weighted by Gasteiger charge is 2.27. The zero-order chi connectivity index (χ0) is 17.8. The molecular weight excluding hydrogens is 322 g/mol. The molecule has 0 spiro atoms. The quantitative estimate of drug-likeness (QED) is 0.930. The molecule has 1 fully saturated rings. The standard InChI is InChI=1S/C18H21N3O4/c1-13(22)20(2)15-6-3-5-14(11-15)19-18(23)21-8-10-25-17(12-21)16-7-4-9-24-16/h3-7,9,11,17H,8,10,12H2,1-2H3,(H,19,23)/t17-/m1/s1. The van der Waals surface area contributed by atoms with Crippen LogP contribution in [-0.2, 0) is 9.53 Å². The number of amides is 3. The van der Waals surface area contributed by atoms with E-state index in [0.29, 0.717) is 31.1 Å². The van der Waals surface area contributed by atoms with Crippen molar-refractivity contribution in [3.8, 4) is 0 Å². The molecule has 2 aromatic rings. The van der Waals surface area contributed by atoms with Crippen molar-refractivity contribution in [2.75, 3.05) is 37.0 Å². The summed E-state index contributed by atoms with van der Waals surface area (Å²) >= 11 is 0. The summed E-state index contributed by atoms with van der Waals surface area (Å²) in [6, 6.07) is 10.6. The van der Waals surface area contributed by atoms with Crippen molar-refractivity contribution in [3.05, 3.63) is 48.4 Å². The van der Waals surface area contributed by atoms with Crippen LogP contribution >= 0.6 is 0 Å². The van der Waals surface area contributed by atoms with E-state index in [1.54, 1.807) is 42.5 Å². The first-order chi connectivity index (χ1) is 12.0. The van der Waals surface area contributed by atoms with Gasteiger partial charge < -0.3 is 24.3 Å². The second kappa shape index (κ2) is 7.40.